The summed E-state index contributed by atoms with van der Waals surface area (Å²) >= 11 is 0. The molecule has 1 unspecified atom stereocenters. The van der Waals surface area contributed by atoms with Crippen molar-refractivity contribution < 1.29 is 27.1 Å². The number of fused-ring (bicyclic) bond motifs is 1. The SMILES string of the molecule is OC(c1cc2cccc(F)c2o1)c1c(F)cc(F)cc1F. The van der Waals surface area contributed by atoms with Gasteiger partial charge in [0.15, 0.2) is 11.4 Å². The molecule has 3 aromatic rings. The van der Waals surface area contributed by atoms with Gasteiger partial charge in [-0.1, -0.05) is 12.1 Å². The van der Waals surface area contributed by atoms with Gasteiger partial charge < -0.3 is 9.52 Å². The summed E-state index contributed by atoms with van der Waals surface area (Å²) in [5.74, 6) is -4.50. The van der Waals surface area contributed by atoms with Crippen molar-refractivity contribution in [1.29, 1.82) is 0 Å². The molecule has 0 radical (unpaired) electrons. The van der Waals surface area contributed by atoms with E-state index in [9.17, 15) is 22.7 Å². The van der Waals surface area contributed by atoms with E-state index in [0.29, 0.717) is 17.5 Å². The maximum absolute atomic E-state index is 13.6. The van der Waals surface area contributed by atoms with Crippen LogP contribution in [-0.4, -0.2) is 5.11 Å². The molecule has 0 aliphatic carbocycles. The normalized spacial score (nSPS) is 12.8. The Kier molecular flexibility index (Phi) is 3.17. The summed E-state index contributed by atoms with van der Waals surface area (Å²) in [5.41, 5.74) is -0.884. The van der Waals surface area contributed by atoms with E-state index in [1.54, 1.807) is 0 Å². The van der Waals surface area contributed by atoms with Crippen LogP contribution < -0.4 is 0 Å². The van der Waals surface area contributed by atoms with Gasteiger partial charge in [0.1, 0.15) is 29.3 Å². The quantitative estimate of drug-likeness (QED) is 0.723. The minimum Gasteiger partial charge on any atom is -0.455 e. The van der Waals surface area contributed by atoms with Gasteiger partial charge >= 0.3 is 0 Å². The van der Waals surface area contributed by atoms with Crippen LogP contribution in [0, 0.1) is 23.3 Å². The highest BCUT2D eigenvalue weighted by atomic mass is 19.1. The highest BCUT2D eigenvalue weighted by Gasteiger charge is 2.24. The lowest BCUT2D eigenvalue weighted by molar-refractivity contribution is 0.181. The van der Waals surface area contributed by atoms with Gasteiger partial charge in [0.2, 0.25) is 0 Å². The molecular weight excluding hydrogens is 288 g/mol. The molecular formula is C15H8F4O2. The van der Waals surface area contributed by atoms with E-state index in [4.69, 9.17) is 4.42 Å². The van der Waals surface area contributed by atoms with E-state index in [0.717, 1.165) is 6.07 Å². The predicted molar refractivity (Wildman–Crippen MR) is 66.5 cm³/mol. The molecule has 3 rings (SSSR count). The molecule has 0 amide bonds. The lowest BCUT2D eigenvalue weighted by Crippen LogP contribution is -2.05. The molecule has 2 aromatic carbocycles. The Morgan fingerprint density at radius 3 is 2.19 bits per heavy atom. The second kappa shape index (κ2) is 4.89. The summed E-state index contributed by atoms with van der Waals surface area (Å²) in [6, 6.07) is 6.28. The minimum atomic E-state index is -1.81. The second-order valence-electron chi connectivity index (χ2n) is 4.49. The van der Waals surface area contributed by atoms with Crippen LogP contribution in [0.3, 0.4) is 0 Å². The highest BCUT2D eigenvalue weighted by molar-refractivity contribution is 5.78. The fourth-order valence-electron chi connectivity index (χ4n) is 2.14. The monoisotopic (exact) mass is 296 g/mol. The van der Waals surface area contributed by atoms with E-state index in [2.05, 4.69) is 0 Å². The first-order valence-corrected chi connectivity index (χ1v) is 5.98. The van der Waals surface area contributed by atoms with Gasteiger partial charge in [-0.2, -0.15) is 0 Å². The van der Waals surface area contributed by atoms with Crippen molar-refractivity contribution in [3.63, 3.8) is 0 Å². The Hall–Kier alpha value is -2.34. The number of aliphatic hydroxyl groups excluding tert-OH is 1. The van der Waals surface area contributed by atoms with E-state index in [1.807, 2.05) is 0 Å². The predicted octanol–water partition coefficient (Wildman–Crippen LogP) is 4.07. The summed E-state index contributed by atoms with van der Waals surface area (Å²) in [5, 5.41) is 10.4. The van der Waals surface area contributed by atoms with E-state index in [-0.39, 0.29) is 11.3 Å². The number of hydrogen-bond donors (Lipinski definition) is 1. The first-order chi connectivity index (χ1) is 9.97. The zero-order valence-electron chi connectivity index (χ0n) is 10.4. The second-order valence-corrected chi connectivity index (χ2v) is 4.49. The van der Waals surface area contributed by atoms with Crippen LogP contribution in [0.2, 0.25) is 0 Å². The number of benzene rings is 2. The van der Waals surface area contributed by atoms with Crippen molar-refractivity contribution in [3.8, 4) is 0 Å². The van der Waals surface area contributed by atoms with Gasteiger partial charge in [-0.15, -0.1) is 0 Å². The molecule has 108 valence electrons. The van der Waals surface area contributed by atoms with Crippen molar-refractivity contribution in [1.82, 2.24) is 0 Å². The van der Waals surface area contributed by atoms with Crippen LogP contribution in [0.1, 0.15) is 17.4 Å². The number of aliphatic hydroxyl groups is 1. The zero-order chi connectivity index (χ0) is 15.1. The topological polar surface area (TPSA) is 33.4 Å². The van der Waals surface area contributed by atoms with Gasteiger partial charge in [-0.3, -0.25) is 0 Å². The molecule has 21 heavy (non-hydrogen) atoms. The molecule has 1 aromatic heterocycles. The number of para-hydroxylation sites is 1. The number of rotatable bonds is 2. The lowest BCUT2D eigenvalue weighted by Gasteiger charge is -2.10. The highest BCUT2D eigenvalue weighted by Crippen LogP contribution is 2.32. The first-order valence-electron chi connectivity index (χ1n) is 5.98. The molecule has 1 N–H and O–H groups in total. The van der Waals surface area contributed by atoms with Crippen LogP contribution in [0.15, 0.2) is 40.8 Å². The van der Waals surface area contributed by atoms with Crippen LogP contribution in [0.4, 0.5) is 17.6 Å². The third-order valence-corrected chi connectivity index (χ3v) is 3.10. The van der Waals surface area contributed by atoms with Crippen molar-refractivity contribution in [2.75, 3.05) is 0 Å². The van der Waals surface area contributed by atoms with Gasteiger partial charge in [0, 0.05) is 17.5 Å². The molecule has 0 aliphatic rings. The van der Waals surface area contributed by atoms with E-state index >= 15 is 0 Å². The van der Waals surface area contributed by atoms with Gasteiger partial charge in [-0.25, -0.2) is 17.6 Å². The largest absolute Gasteiger partial charge is 0.455 e. The maximum Gasteiger partial charge on any atom is 0.170 e. The van der Waals surface area contributed by atoms with Gasteiger partial charge in [-0.05, 0) is 12.1 Å². The molecule has 0 fully saturated rings. The van der Waals surface area contributed by atoms with Gasteiger partial charge in [0.25, 0.3) is 0 Å². The molecule has 2 nitrogen and oxygen atoms in total. The molecule has 1 atom stereocenters. The fraction of sp³-hybridized carbons (Fsp3) is 0.0667. The van der Waals surface area contributed by atoms with Crippen molar-refractivity contribution >= 4 is 11.0 Å². The maximum atomic E-state index is 13.6. The molecule has 0 aliphatic heterocycles. The number of halogens is 4. The van der Waals surface area contributed by atoms with Crippen LogP contribution in [-0.2, 0) is 0 Å². The molecule has 0 saturated heterocycles. The summed E-state index contributed by atoms with van der Waals surface area (Å²) in [7, 11) is 0. The average Bonchev–Trinajstić information content (AvgIpc) is 2.82. The van der Waals surface area contributed by atoms with E-state index in [1.165, 1.54) is 18.2 Å². The van der Waals surface area contributed by atoms with Gasteiger partial charge in [0.05, 0.1) is 5.56 Å². The average molecular weight is 296 g/mol. The molecule has 0 saturated carbocycles. The zero-order valence-corrected chi connectivity index (χ0v) is 10.4. The Morgan fingerprint density at radius 1 is 0.905 bits per heavy atom. The fourth-order valence-corrected chi connectivity index (χ4v) is 2.14. The summed E-state index contributed by atoms with van der Waals surface area (Å²) in [6.45, 7) is 0. The van der Waals surface area contributed by atoms with Crippen molar-refractivity contribution in [2.24, 2.45) is 0 Å². The summed E-state index contributed by atoms with van der Waals surface area (Å²) < 4.78 is 58.7. The summed E-state index contributed by atoms with van der Waals surface area (Å²) in [6.07, 6.45) is -1.81. The standard InChI is InChI=1S/C15H8F4O2/c16-8-5-10(18)13(11(19)6-8)14(20)12-4-7-2-1-3-9(17)15(7)21-12/h1-6,14,20H. The van der Waals surface area contributed by atoms with E-state index < -0.39 is 34.9 Å². The Morgan fingerprint density at radius 2 is 1.57 bits per heavy atom. The van der Waals surface area contributed by atoms with Crippen molar-refractivity contribution in [2.45, 2.75) is 6.10 Å². The van der Waals surface area contributed by atoms with Crippen LogP contribution in [0.5, 0.6) is 0 Å². The summed E-state index contributed by atoms with van der Waals surface area (Å²) in [4.78, 5) is 0. The van der Waals surface area contributed by atoms with Crippen LogP contribution >= 0.6 is 0 Å². The molecule has 0 spiro atoms. The van der Waals surface area contributed by atoms with Crippen LogP contribution in [0.25, 0.3) is 11.0 Å². The Balaban J connectivity index is 2.12. The Labute approximate surface area is 116 Å². The molecule has 6 heteroatoms. The van der Waals surface area contributed by atoms with Crippen molar-refractivity contribution in [3.05, 3.63) is 71.0 Å². The first kappa shape index (κ1) is 13.6. The number of furan rings is 1. The minimum absolute atomic E-state index is 0.130. The molecule has 1 heterocycles. The lowest BCUT2D eigenvalue weighted by atomic mass is 10.1. The third kappa shape index (κ3) is 2.27. The third-order valence-electron chi connectivity index (χ3n) is 3.10. The smallest absolute Gasteiger partial charge is 0.170 e. The Bertz CT molecular complexity index is 803. The number of hydrogen-bond acceptors (Lipinski definition) is 2. The molecule has 0 bridgehead atoms.